The van der Waals surface area contributed by atoms with Crippen molar-refractivity contribution in [3.8, 4) is 17.2 Å². The summed E-state index contributed by atoms with van der Waals surface area (Å²) in [5.74, 6) is 0.844. The van der Waals surface area contributed by atoms with Crippen LogP contribution in [-0.2, 0) is 6.61 Å². The van der Waals surface area contributed by atoms with Crippen LogP contribution in [0, 0.1) is 17.4 Å². The predicted octanol–water partition coefficient (Wildman–Crippen LogP) is 6.70. The van der Waals surface area contributed by atoms with Crippen molar-refractivity contribution in [2.75, 3.05) is 7.11 Å². The maximum atomic E-state index is 12.7. The summed E-state index contributed by atoms with van der Waals surface area (Å²) in [6.45, 7) is 4.47. The number of aryl methyl sites for hydroxylation is 2. The zero-order valence-electron chi connectivity index (χ0n) is 20.1. The van der Waals surface area contributed by atoms with Gasteiger partial charge in [0.2, 0.25) is 0 Å². The fourth-order valence-electron chi connectivity index (χ4n) is 3.81. The summed E-state index contributed by atoms with van der Waals surface area (Å²) in [5, 5.41) is 4.46. The maximum absolute atomic E-state index is 12.7. The van der Waals surface area contributed by atoms with Crippen molar-refractivity contribution >= 4 is 46.3 Å². The van der Waals surface area contributed by atoms with Crippen LogP contribution < -0.4 is 14.9 Å². The van der Waals surface area contributed by atoms with Crippen LogP contribution in [0.1, 0.15) is 32.9 Å². The zero-order valence-corrected chi connectivity index (χ0v) is 23.0. The van der Waals surface area contributed by atoms with Gasteiger partial charge in [-0.2, -0.15) is 5.10 Å². The Kier molecular flexibility index (Phi) is 8.32. The molecule has 8 heteroatoms. The van der Waals surface area contributed by atoms with Crippen LogP contribution in [-0.4, -0.2) is 23.8 Å². The molecule has 0 atom stereocenters. The van der Waals surface area contributed by atoms with E-state index < -0.39 is 5.91 Å². The number of aromatic nitrogens is 1. The molecular weight excluding hydrogens is 589 g/mol. The first kappa shape index (κ1) is 25.8. The summed E-state index contributed by atoms with van der Waals surface area (Å²) >= 11 is 8.63. The monoisotopic (exact) mass is 613 g/mol. The number of benzene rings is 3. The Balaban J connectivity index is 1.44. The van der Waals surface area contributed by atoms with Crippen LogP contribution >= 0.6 is 34.2 Å². The van der Waals surface area contributed by atoms with Gasteiger partial charge in [-0.15, -0.1) is 0 Å². The first-order valence-corrected chi connectivity index (χ1v) is 12.7. The molecule has 0 aliphatic carbocycles. The first-order chi connectivity index (χ1) is 17.4. The van der Waals surface area contributed by atoms with Gasteiger partial charge in [0, 0.05) is 17.1 Å². The van der Waals surface area contributed by atoms with Gasteiger partial charge in [-0.25, -0.2) is 5.43 Å². The van der Waals surface area contributed by atoms with Crippen LogP contribution in [0.5, 0.6) is 11.5 Å². The van der Waals surface area contributed by atoms with Gasteiger partial charge in [0.1, 0.15) is 6.61 Å². The molecule has 0 aliphatic rings. The Bertz CT molecular complexity index is 1400. The molecule has 0 aliphatic heterocycles. The van der Waals surface area contributed by atoms with Crippen molar-refractivity contribution in [2.24, 2.45) is 5.10 Å². The van der Waals surface area contributed by atoms with Crippen LogP contribution in [0.25, 0.3) is 5.69 Å². The third-order valence-corrected chi connectivity index (χ3v) is 6.70. The summed E-state index contributed by atoms with van der Waals surface area (Å²) in [5.41, 5.74) is 7.79. The van der Waals surface area contributed by atoms with Gasteiger partial charge < -0.3 is 14.0 Å². The third-order valence-electron chi connectivity index (χ3n) is 5.58. The van der Waals surface area contributed by atoms with E-state index in [2.05, 4.69) is 37.7 Å². The molecule has 6 nitrogen and oxygen atoms in total. The predicted molar refractivity (Wildman–Crippen MR) is 152 cm³/mol. The molecular formula is C28H25ClIN3O3. The number of carbonyl (C=O) groups excluding carboxylic acids is 1. The minimum Gasteiger partial charge on any atom is -0.493 e. The van der Waals surface area contributed by atoms with E-state index in [1.807, 2.05) is 74.5 Å². The molecule has 4 rings (SSSR count). The van der Waals surface area contributed by atoms with E-state index in [9.17, 15) is 4.79 Å². The topological polar surface area (TPSA) is 64.8 Å². The number of nitrogens with zero attached hydrogens (tertiary/aromatic N) is 2. The largest absolute Gasteiger partial charge is 0.493 e. The number of rotatable bonds is 8. The summed E-state index contributed by atoms with van der Waals surface area (Å²) < 4.78 is 14.5. The second-order valence-corrected chi connectivity index (χ2v) is 9.69. The third kappa shape index (κ3) is 5.91. The standard InChI is InChI=1S/C28H25ClIN3O3/c1-18-9-10-19(2)33(18)22-11-12-23(24(29)15-22)28(34)32-31-16-21-13-25(30)27(26(14-21)35-3)36-17-20-7-5-4-6-8-20/h4-16H,17H2,1-3H3,(H,32,34)/b31-16-. The smallest absolute Gasteiger partial charge is 0.272 e. The van der Waals surface area contributed by atoms with Crippen LogP contribution in [0.3, 0.4) is 0 Å². The van der Waals surface area contributed by atoms with Crippen LogP contribution in [0.4, 0.5) is 0 Å². The molecule has 36 heavy (non-hydrogen) atoms. The molecule has 0 bridgehead atoms. The van der Waals surface area contributed by atoms with E-state index in [-0.39, 0.29) is 0 Å². The van der Waals surface area contributed by atoms with Gasteiger partial charge in [-0.1, -0.05) is 41.9 Å². The lowest BCUT2D eigenvalue weighted by molar-refractivity contribution is 0.0955. The van der Waals surface area contributed by atoms with Gasteiger partial charge in [0.15, 0.2) is 11.5 Å². The van der Waals surface area contributed by atoms with Crippen LogP contribution in [0.2, 0.25) is 5.02 Å². The van der Waals surface area contributed by atoms with Crippen molar-refractivity contribution < 1.29 is 14.3 Å². The number of nitrogens with one attached hydrogen (secondary N) is 1. The number of amides is 1. The highest BCUT2D eigenvalue weighted by Crippen LogP contribution is 2.34. The fraction of sp³-hybridized carbons (Fsp3) is 0.143. The summed E-state index contributed by atoms with van der Waals surface area (Å²) in [4.78, 5) is 12.7. The zero-order chi connectivity index (χ0) is 25.7. The van der Waals surface area contributed by atoms with E-state index in [1.54, 1.807) is 25.5 Å². The van der Waals surface area contributed by atoms with Gasteiger partial charge in [-0.05, 0) is 90.0 Å². The van der Waals surface area contributed by atoms with Crippen molar-refractivity contribution in [3.63, 3.8) is 0 Å². The Morgan fingerprint density at radius 1 is 1.06 bits per heavy atom. The van der Waals surface area contributed by atoms with Crippen molar-refractivity contribution in [1.82, 2.24) is 9.99 Å². The lowest BCUT2D eigenvalue weighted by Crippen LogP contribution is -2.18. The fourth-order valence-corrected chi connectivity index (χ4v) is 4.85. The lowest BCUT2D eigenvalue weighted by Gasteiger charge is -2.13. The minimum atomic E-state index is -0.395. The number of halogens is 2. The lowest BCUT2D eigenvalue weighted by atomic mass is 10.2. The number of methoxy groups -OCH3 is 1. The molecule has 3 aromatic carbocycles. The highest BCUT2D eigenvalue weighted by molar-refractivity contribution is 14.1. The number of hydrazone groups is 1. The Hall–Kier alpha value is -3.30. The molecule has 1 N–H and O–H groups in total. The van der Waals surface area contributed by atoms with E-state index >= 15 is 0 Å². The molecule has 0 spiro atoms. The molecule has 0 fully saturated rings. The van der Waals surface area contributed by atoms with E-state index in [0.717, 1.165) is 31.8 Å². The van der Waals surface area contributed by atoms with Crippen molar-refractivity contribution in [3.05, 3.63) is 109 Å². The Labute approximate surface area is 229 Å². The Morgan fingerprint density at radius 2 is 1.78 bits per heavy atom. The number of hydrogen-bond donors (Lipinski definition) is 1. The average molecular weight is 614 g/mol. The summed E-state index contributed by atoms with van der Waals surface area (Å²) in [6.07, 6.45) is 1.55. The van der Waals surface area contributed by atoms with Gasteiger partial charge in [0.05, 0.1) is 27.5 Å². The highest BCUT2D eigenvalue weighted by atomic mass is 127. The average Bonchev–Trinajstić information content (AvgIpc) is 3.21. The number of ether oxygens (including phenoxy) is 2. The molecule has 1 heterocycles. The van der Waals surface area contributed by atoms with Gasteiger partial charge >= 0.3 is 0 Å². The quantitative estimate of drug-likeness (QED) is 0.137. The molecule has 1 amide bonds. The molecule has 184 valence electrons. The Morgan fingerprint density at radius 3 is 2.44 bits per heavy atom. The van der Waals surface area contributed by atoms with Gasteiger partial charge in [-0.3, -0.25) is 4.79 Å². The maximum Gasteiger partial charge on any atom is 0.272 e. The SMILES string of the molecule is COc1cc(/C=N\NC(=O)c2ccc(-n3c(C)ccc3C)cc2Cl)cc(I)c1OCc1ccccc1. The molecule has 1 aromatic heterocycles. The van der Waals surface area contributed by atoms with Crippen LogP contribution in [0.15, 0.2) is 77.9 Å². The molecule has 0 saturated carbocycles. The summed E-state index contributed by atoms with van der Waals surface area (Å²) in [7, 11) is 1.59. The van der Waals surface area contributed by atoms with Crippen molar-refractivity contribution in [1.29, 1.82) is 0 Å². The van der Waals surface area contributed by atoms with E-state index in [0.29, 0.717) is 28.7 Å². The highest BCUT2D eigenvalue weighted by Gasteiger charge is 2.14. The molecule has 0 saturated heterocycles. The minimum absolute atomic E-state index is 0.344. The normalized spacial score (nSPS) is 11.0. The second kappa shape index (κ2) is 11.6. The van der Waals surface area contributed by atoms with Gasteiger partial charge in [0.25, 0.3) is 5.91 Å². The number of hydrogen-bond acceptors (Lipinski definition) is 4. The second-order valence-electron chi connectivity index (χ2n) is 8.12. The summed E-state index contributed by atoms with van der Waals surface area (Å²) in [6, 6.07) is 23.1. The van der Waals surface area contributed by atoms with Crippen molar-refractivity contribution in [2.45, 2.75) is 20.5 Å². The van der Waals surface area contributed by atoms with E-state index in [1.165, 1.54) is 0 Å². The molecule has 4 aromatic rings. The van der Waals surface area contributed by atoms with E-state index in [4.69, 9.17) is 21.1 Å². The molecule has 0 unspecified atom stereocenters. The first-order valence-electron chi connectivity index (χ1n) is 11.2. The number of carbonyl (C=O) groups is 1. The molecule has 0 radical (unpaired) electrons.